The van der Waals surface area contributed by atoms with Crippen LogP contribution in [0.1, 0.15) is 24.1 Å². The number of rotatable bonds is 7. The zero-order valence-electron chi connectivity index (χ0n) is 11.3. The highest BCUT2D eigenvalue weighted by molar-refractivity contribution is 6.11. The van der Waals surface area contributed by atoms with Crippen LogP contribution in [0.15, 0.2) is 53.8 Å². The molecule has 2 aromatic rings. The Morgan fingerprint density at radius 1 is 1.19 bits per heavy atom. The number of nitrogens with zero attached hydrogens (tertiary/aromatic N) is 3. The van der Waals surface area contributed by atoms with Crippen LogP contribution >= 0.6 is 0 Å². The summed E-state index contributed by atoms with van der Waals surface area (Å²) in [4.78, 5) is 15.6. The molecule has 0 aliphatic rings. The fourth-order valence-electron chi connectivity index (χ4n) is 1.67. The Morgan fingerprint density at radius 2 is 2.00 bits per heavy atom. The molecular weight excluding hydrogens is 270 g/mol. The molecule has 6 heteroatoms. The van der Waals surface area contributed by atoms with Crippen molar-refractivity contribution in [1.82, 2.24) is 10.2 Å². The maximum atomic E-state index is 10.4. The van der Waals surface area contributed by atoms with Crippen molar-refractivity contribution < 1.29 is 14.7 Å². The lowest BCUT2D eigenvalue weighted by atomic mass is 10.1. The summed E-state index contributed by atoms with van der Waals surface area (Å²) in [7, 11) is 0. The average Bonchev–Trinajstić information content (AvgIpc) is 2.52. The molecule has 0 saturated heterocycles. The van der Waals surface area contributed by atoms with Crippen molar-refractivity contribution in [3.05, 3.63) is 59.9 Å². The normalized spacial score (nSPS) is 11.1. The Balaban J connectivity index is 2.11. The Hall–Kier alpha value is -2.76. The monoisotopic (exact) mass is 285 g/mol. The van der Waals surface area contributed by atoms with Gasteiger partial charge >= 0.3 is 5.97 Å². The van der Waals surface area contributed by atoms with E-state index in [2.05, 4.69) is 15.4 Å². The van der Waals surface area contributed by atoms with Crippen molar-refractivity contribution in [2.45, 2.75) is 12.8 Å². The minimum atomic E-state index is -0.847. The van der Waals surface area contributed by atoms with Gasteiger partial charge in [-0.3, -0.25) is 4.79 Å². The Bertz CT molecular complexity index is 559. The number of carbonyl (C=O) groups is 1. The van der Waals surface area contributed by atoms with Gasteiger partial charge in [0.25, 0.3) is 0 Å². The van der Waals surface area contributed by atoms with E-state index in [-0.39, 0.29) is 13.0 Å². The summed E-state index contributed by atoms with van der Waals surface area (Å²) in [5.41, 5.74) is 2.03. The fraction of sp³-hybridized carbons (Fsp3) is 0.200. The number of hydrogen-bond donors (Lipinski definition) is 1. The van der Waals surface area contributed by atoms with Gasteiger partial charge in [0, 0.05) is 18.2 Å². The quantitative estimate of drug-likeness (QED) is 0.478. The van der Waals surface area contributed by atoms with Gasteiger partial charge in [-0.15, -0.1) is 5.10 Å². The molecule has 1 heterocycles. The van der Waals surface area contributed by atoms with Crippen molar-refractivity contribution >= 4 is 11.7 Å². The minimum Gasteiger partial charge on any atom is -0.481 e. The van der Waals surface area contributed by atoms with Crippen LogP contribution in [0.25, 0.3) is 0 Å². The molecule has 0 aliphatic heterocycles. The molecule has 0 spiro atoms. The molecular formula is C15H15N3O3. The van der Waals surface area contributed by atoms with E-state index in [1.165, 1.54) is 0 Å². The minimum absolute atomic E-state index is 0.0569. The van der Waals surface area contributed by atoms with Gasteiger partial charge in [-0.05, 0) is 18.6 Å². The van der Waals surface area contributed by atoms with E-state index in [1.807, 2.05) is 30.3 Å². The third-order valence-corrected chi connectivity index (χ3v) is 2.64. The second-order valence-electron chi connectivity index (χ2n) is 4.25. The fourth-order valence-corrected chi connectivity index (χ4v) is 1.67. The summed E-state index contributed by atoms with van der Waals surface area (Å²) in [6, 6.07) is 13.1. The largest absolute Gasteiger partial charge is 0.481 e. The summed E-state index contributed by atoms with van der Waals surface area (Å²) in [6.45, 7) is 0.239. The van der Waals surface area contributed by atoms with E-state index in [0.29, 0.717) is 17.8 Å². The molecule has 1 aromatic heterocycles. The van der Waals surface area contributed by atoms with E-state index in [1.54, 1.807) is 18.3 Å². The van der Waals surface area contributed by atoms with Crippen LogP contribution in [-0.2, 0) is 9.63 Å². The molecule has 0 fully saturated rings. The Labute approximate surface area is 122 Å². The first-order valence-electron chi connectivity index (χ1n) is 6.52. The molecule has 0 radical (unpaired) electrons. The third kappa shape index (κ3) is 4.68. The van der Waals surface area contributed by atoms with Gasteiger partial charge in [0.2, 0.25) is 0 Å². The predicted molar refractivity (Wildman–Crippen MR) is 76.9 cm³/mol. The number of carboxylic acids is 1. The van der Waals surface area contributed by atoms with Crippen LogP contribution in [0, 0.1) is 0 Å². The van der Waals surface area contributed by atoms with Gasteiger partial charge in [0.1, 0.15) is 18.0 Å². The number of carboxylic acid groups (broad SMARTS) is 1. The molecule has 0 atom stereocenters. The third-order valence-electron chi connectivity index (χ3n) is 2.64. The molecule has 0 aliphatic carbocycles. The lowest BCUT2D eigenvalue weighted by Crippen LogP contribution is -2.08. The maximum absolute atomic E-state index is 10.4. The molecule has 2 rings (SSSR count). The summed E-state index contributed by atoms with van der Waals surface area (Å²) in [5, 5.41) is 20.5. The van der Waals surface area contributed by atoms with E-state index in [4.69, 9.17) is 9.94 Å². The Kier molecular flexibility index (Phi) is 5.40. The van der Waals surface area contributed by atoms with Crippen molar-refractivity contribution in [1.29, 1.82) is 0 Å². The molecule has 0 amide bonds. The van der Waals surface area contributed by atoms with E-state index in [0.717, 1.165) is 5.56 Å². The van der Waals surface area contributed by atoms with Gasteiger partial charge in [0.15, 0.2) is 0 Å². The van der Waals surface area contributed by atoms with Gasteiger partial charge in [-0.2, -0.15) is 5.10 Å². The van der Waals surface area contributed by atoms with Crippen LogP contribution in [-0.4, -0.2) is 33.6 Å². The first-order chi connectivity index (χ1) is 10.3. The van der Waals surface area contributed by atoms with Crippen LogP contribution in [0.5, 0.6) is 0 Å². The summed E-state index contributed by atoms with van der Waals surface area (Å²) < 4.78 is 0. The average molecular weight is 285 g/mol. The first-order valence-corrected chi connectivity index (χ1v) is 6.52. The van der Waals surface area contributed by atoms with Gasteiger partial charge in [-0.25, -0.2) is 0 Å². The standard InChI is InChI=1S/C15H15N3O3/c19-14(20)9-5-11-21-18-15(12-6-2-1-3-7-12)13-8-4-10-16-17-13/h1-4,6-8,10H,5,9,11H2,(H,19,20)/b18-15+. The van der Waals surface area contributed by atoms with Gasteiger partial charge < -0.3 is 9.94 Å². The number of benzene rings is 1. The molecule has 21 heavy (non-hydrogen) atoms. The zero-order chi connectivity index (χ0) is 14.9. The van der Waals surface area contributed by atoms with E-state index >= 15 is 0 Å². The summed E-state index contributed by atoms with van der Waals surface area (Å²) in [5.74, 6) is -0.847. The predicted octanol–water partition coefficient (Wildman–Crippen LogP) is 2.11. The van der Waals surface area contributed by atoms with Crippen LogP contribution < -0.4 is 0 Å². The lowest BCUT2D eigenvalue weighted by molar-refractivity contribution is -0.137. The topological polar surface area (TPSA) is 84.7 Å². The number of oxime groups is 1. The molecule has 0 saturated carbocycles. The zero-order valence-corrected chi connectivity index (χ0v) is 11.3. The number of aliphatic carboxylic acids is 1. The van der Waals surface area contributed by atoms with Crippen molar-refractivity contribution in [3.63, 3.8) is 0 Å². The van der Waals surface area contributed by atoms with Crippen LogP contribution in [0.4, 0.5) is 0 Å². The smallest absolute Gasteiger partial charge is 0.303 e. The summed E-state index contributed by atoms with van der Waals surface area (Å²) >= 11 is 0. The van der Waals surface area contributed by atoms with Crippen molar-refractivity contribution in [3.8, 4) is 0 Å². The Morgan fingerprint density at radius 3 is 2.67 bits per heavy atom. The van der Waals surface area contributed by atoms with Crippen molar-refractivity contribution in [2.75, 3.05) is 6.61 Å². The molecule has 0 unspecified atom stereocenters. The number of hydrogen-bond acceptors (Lipinski definition) is 5. The number of aromatic nitrogens is 2. The molecule has 1 aromatic carbocycles. The SMILES string of the molecule is O=C(O)CCCO/N=C(\c1ccccc1)c1cccnn1. The van der Waals surface area contributed by atoms with Crippen LogP contribution in [0.3, 0.4) is 0 Å². The van der Waals surface area contributed by atoms with Crippen LogP contribution in [0.2, 0.25) is 0 Å². The van der Waals surface area contributed by atoms with E-state index < -0.39 is 5.97 Å². The highest BCUT2D eigenvalue weighted by Crippen LogP contribution is 2.08. The summed E-state index contributed by atoms with van der Waals surface area (Å²) in [6.07, 6.45) is 2.04. The highest BCUT2D eigenvalue weighted by Gasteiger charge is 2.09. The van der Waals surface area contributed by atoms with E-state index in [9.17, 15) is 4.79 Å². The maximum Gasteiger partial charge on any atom is 0.303 e. The molecule has 108 valence electrons. The molecule has 0 bridgehead atoms. The molecule has 1 N–H and O–H groups in total. The van der Waals surface area contributed by atoms with Gasteiger partial charge in [0.05, 0.1) is 0 Å². The highest BCUT2D eigenvalue weighted by atomic mass is 16.6. The lowest BCUT2D eigenvalue weighted by Gasteiger charge is -2.05. The first kappa shape index (κ1) is 14.6. The van der Waals surface area contributed by atoms with Gasteiger partial charge in [-0.1, -0.05) is 35.5 Å². The molecule has 6 nitrogen and oxygen atoms in total. The van der Waals surface area contributed by atoms with Crippen molar-refractivity contribution in [2.24, 2.45) is 5.16 Å². The second-order valence-corrected chi connectivity index (χ2v) is 4.25. The second kappa shape index (κ2) is 7.74.